The molecule has 1 heterocycles. The number of hydrogen-bond acceptors (Lipinski definition) is 6. The molecule has 2 N–H and O–H groups in total. The quantitative estimate of drug-likeness (QED) is 0.716. The number of carbonyl (C=O) groups is 3. The molecule has 30 heavy (non-hydrogen) atoms. The monoisotopic (exact) mass is 408 g/mol. The number of esters is 1. The lowest BCUT2D eigenvalue weighted by atomic mass is 10.1. The highest BCUT2D eigenvalue weighted by Gasteiger charge is 2.27. The first-order chi connectivity index (χ1) is 14.5. The van der Waals surface area contributed by atoms with Gasteiger partial charge in [-0.1, -0.05) is 30.3 Å². The van der Waals surface area contributed by atoms with Gasteiger partial charge in [0.25, 0.3) is 5.91 Å². The third-order valence-corrected chi connectivity index (χ3v) is 4.52. The van der Waals surface area contributed by atoms with Crippen molar-refractivity contribution in [2.24, 2.45) is 5.10 Å². The zero-order valence-corrected chi connectivity index (χ0v) is 16.9. The van der Waals surface area contributed by atoms with Crippen molar-refractivity contribution in [3.63, 3.8) is 0 Å². The van der Waals surface area contributed by atoms with Crippen LogP contribution in [-0.2, 0) is 9.53 Å². The van der Waals surface area contributed by atoms with Crippen molar-refractivity contribution in [1.29, 1.82) is 0 Å². The van der Waals surface area contributed by atoms with Crippen LogP contribution >= 0.6 is 0 Å². The fourth-order valence-corrected chi connectivity index (χ4v) is 2.99. The molecule has 0 saturated heterocycles. The second-order valence-electron chi connectivity index (χ2n) is 6.80. The molecule has 0 saturated carbocycles. The molecule has 156 valence electrons. The number of carbonyl (C=O) groups excluding carboxylic acids is 3. The van der Waals surface area contributed by atoms with Crippen molar-refractivity contribution in [3.05, 3.63) is 65.7 Å². The SMILES string of the molecule is CCNC(=O)NC(=O)C(OC(=O)c1ccc(N2CCC(C)=N2)cc1)c1ccccc1. The molecular formula is C22H24N4O4. The van der Waals surface area contributed by atoms with Gasteiger partial charge in [0.05, 0.1) is 11.3 Å². The molecular weight excluding hydrogens is 384 g/mol. The van der Waals surface area contributed by atoms with E-state index in [1.165, 1.54) is 0 Å². The van der Waals surface area contributed by atoms with Gasteiger partial charge in [0.2, 0.25) is 6.10 Å². The zero-order valence-electron chi connectivity index (χ0n) is 16.9. The third kappa shape index (κ3) is 5.22. The average molecular weight is 408 g/mol. The number of hydrogen-bond donors (Lipinski definition) is 2. The Morgan fingerprint density at radius 3 is 2.40 bits per heavy atom. The first-order valence-electron chi connectivity index (χ1n) is 9.74. The first kappa shape index (κ1) is 21.0. The molecule has 0 bridgehead atoms. The Balaban J connectivity index is 1.74. The second kappa shape index (κ2) is 9.69. The van der Waals surface area contributed by atoms with E-state index >= 15 is 0 Å². The topological polar surface area (TPSA) is 100 Å². The van der Waals surface area contributed by atoms with Crippen LogP contribution in [0.25, 0.3) is 0 Å². The van der Waals surface area contributed by atoms with E-state index in [4.69, 9.17) is 4.74 Å². The minimum absolute atomic E-state index is 0.297. The Morgan fingerprint density at radius 2 is 1.80 bits per heavy atom. The molecule has 1 unspecified atom stereocenters. The zero-order chi connectivity index (χ0) is 21.5. The summed E-state index contributed by atoms with van der Waals surface area (Å²) in [6.45, 7) is 4.87. The Hall–Kier alpha value is -3.68. The number of imide groups is 1. The second-order valence-corrected chi connectivity index (χ2v) is 6.80. The number of ether oxygens (including phenoxy) is 1. The van der Waals surface area contributed by atoms with E-state index in [0.717, 1.165) is 24.4 Å². The van der Waals surface area contributed by atoms with E-state index in [2.05, 4.69) is 15.7 Å². The summed E-state index contributed by atoms with van der Waals surface area (Å²) in [6, 6.07) is 14.7. The van der Waals surface area contributed by atoms with E-state index in [1.807, 2.05) is 11.9 Å². The molecule has 8 nitrogen and oxygen atoms in total. The standard InChI is InChI=1S/C22H24N4O4/c1-3-23-22(29)24-20(27)19(16-7-5-4-6-8-16)30-21(28)17-9-11-18(12-10-17)26-14-13-15(2)25-26/h4-12,19H,3,13-14H2,1-2H3,(H2,23,24,27,29). The number of benzene rings is 2. The third-order valence-electron chi connectivity index (χ3n) is 4.52. The van der Waals surface area contributed by atoms with Gasteiger partial charge in [-0.3, -0.25) is 15.1 Å². The van der Waals surface area contributed by atoms with Crippen molar-refractivity contribution in [2.75, 3.05) is 18.1 Å². The highest BCUT2D eigenvalue weighted by Crippen LogP contribution is 2.23. The molecule has 1 atom stereocenters. The van der Waals surface area contributed by atoms with Crippen molar-refractivity contribution < 1.29 is 19.1 Å². The number of anilines is 1. The summed E-state index contributed by atoms with van der Waals surface area (Å²) < 4.78 is 5.47. The van der Waals surface area contributed by atoms with Crippen LogP contribution < -0.4 is 15.6 Å². The van der Waals surface area contributed by atoms with Gasteiger partial charge in [-0.15, -0.1) is 0 Å². The molecule has 0 aromatic heterocycles. The maximum atomic E-state index is 12.7. The van der Waals surface area contributed by atoms with Crippen LogP contribution in [0.4, 0.5) is 10.5 Å². The van der Waals surface area contributed by atoms with Crippen molar-refractivity contribution >= 4 is 29.3 Å². The van der Waals surface area contributed by atoms with Crippen LogP contribution in [0.1, 0.15) is 42.3 Å². The number of nitrogens with one attached hydrogen (secondary N) is 2. The Labute approximate surface area is 174 Å². The maximum Gasteiger partial charge on any atom is 0.339 e. The molecule has 2 aromatic carbocycles. The van der Waals surface area contributed by atoms with Crippen LogP contribution in [0.3, 0.4) is 0 Å². The van der Waals surface area contributed by atoms with Gasteiger partial charge in [0.15, 0.2) is 0 Å². The molecule has 0 fully saturated rings. The van der Waals surface area contributed by atoms with E-state index in [-0.39, 0.29) is 0 Å². The first-order valence-corrected chi connectivity index (χ1v) is 9.74. The molecule has 3 rings (SSSR count). The number of nitrogens with zero attached hydrogens (tertiary/aromatic N) is 2. The molecule has 0 radical (unpaired) electrons. The fourth-order valence-electron chi connectivity index (χ4n) is 2.99. The van der Waals surface area contributed by atoms with Crippen molar-refractivity contribution in [1.82, 2.24) is 10.6 Å². The van der Waals surface area contributed by atoms with E-state index < -0.39 is 24.0 Å². The average Bonchev–Trinajstić information content (AvgIpc) is 3.19. The Kier molecular flexibility index (Phi) is 6.79. The summed E-state index contributed by atoms with van der Waals surface area (Å²) in [5.41, 5.74) is 2.69. The van der Waals surface area contributed by atoms with Gasteiger partial charge in [-0.2, -0.15) is 5.10 Å². The smallest absolute Gasteiger partial charge is 0.339 e. The molecule has 3 amide bonds. The number of rotatable bonds is 6. The van der Waals surface area contributed by atoms with Crippen LogP contribution in [0, 0.1) is 0 Å². The van der Waals surface area contributed by atoms with Crippen LogP contribution in [0.15, 0.2) is 59.7 Å². The predicted octanol–water partition coefficient (Wildman–Crippen LogP) is 3.02. The Bertz CT molecular complexity index is 941. The van der Waals surface area contributed by atoms with Gasteiger partial charge in [-0.05, 0) is 38.1 Å². The van der Waals surface area contributed by atoms with Gasteiger partial charge in [0.1, 0.15) is 0 Å². The van der Waals surface area contributed by atoms with Crippen LogP contribution in [0.5, 0.6) is 0 Å². The van der Waals surface area contributed by atoms with Crippen molar-refractivity contribution in [2.45, 2.75) is 26.4 Å². The van der Waals surface area contributed by atoms with E-state index in [9.17, 15) is 14.4 Å². The normalized spacial score (nSPS) is 13.9. The highest BCUT2D eigenvalue weighted by atomic mass is 16.5. The number of amides is 3. The summed E-state index contributed by atoms with van der Waals surface area (Å²) >= 11 is 0. The minimum Gasteiger partial charge on any atom is -0.444 e. The van der Waals surface area contributed by atoms with Gasteiger partial charge < -0.3 is 10.1 Å². The lowest BCUT2D eigenvalue weighted by molar-refractivity contribution is -0.129. The predicted molar refractivity (Wildman–Crippen MR) is 113 cm³/mol. The molecule has 2 aromatic rings. The molecule has 0 aliphatic carbocycles. The fraction of sp³-hybridized carbons (Fsp3) is 0.273. The number of hydrazone groups is 1. The molecule has 1 aliphatic heterocycles. The number of urea groups is 1. The summed E-state index contributed by atoms with van der Waals surface area (Å²) in [6.07, 6.45) is -0.352. The molecule has 8 heteroatoms. The summed E-state index contributed by atoms with van der Waals surface area (Å²) in [5.74, 6) is -1.39. The molecule has 0 spiro atoms. The lowest BCUT2D eigenvalue weighted by Crippen LogP contribution is -2.42. The van der Waals surface area contributed by atoms with E-state index in [1.54, 1.807) is 61.5 Å². The Morgan fingerprint density at radius 1 is 1.10 bits per heavy atom. The van der Waals surface area contributed by atoms with Crippen LogP contribution in [-0.4, -0.2) is 36.7 Å². The summed E-state index contributed by atoms with van der Waals surface area (Å²) in [5, 5.41) is 11.0. The summed E-state index contributed by atoms with van der Waals surface area (Å²) in [7, 11) is 0. The van der Waals surface area contributed by atoms with Gasteiger partial charge in [0, 0.05) is 30.8 Å². The highest BCUT2D eigenvalue weighted by molar-refractivity contribution is 5.99. The largest absolute Gasteiger partial charge is 0.444 e. The lowest BCUT2D eigenvalue weighted by Gasteiger charge is -2.18. The molecule has 1 aliphatic rings. The minimum atomic E-state index is -1.26. The summed E-state index contributed by atoms with van der Waals surface area (Å²) in [4.78, 5) is 37.0. The maximum absolute atomic E-state index is 12.7. The van der Waals surface area contributed by atoms with Crippen molar-refractivity contribution in [3.8, 4) is 0 Å². The van der Waals surface area contributed by atoms with Crippen LogP contribution in [0.2, 0.25) is 0 Å². The van der Waals surface area contributed by atoms with E-state index in [0.29, 0.717) is 17.7 Å². The van der Waals surface area contributed by atoms with Gasteiger partial charge >= 0.3 is 12.0 Å². The van der Waals surface area contributed by atoms with Gasteiger partial charge in [-0.25, -0.2) is 9.59 Å².